The molecule has 3 saturated heterocycles. The summed E-state index contributed by atoms with van der Waals surface area (Å²) in [6.07, 6.45) is 3.50. The number of para-hydroxylation sites is 1. The maximum atomic E-state index is 14.9. The van der Waals surface area contributed by atoms with E-state index in [4.69, 9.17) is 9.47 Å². The number of carbonyl (C=O) groups is 3. The van der Waals surface area contributed by atoms with Crippen LogP contribution in [0.5, 0.6) is 0 Å². The van der Waals surface area contributed by atoms with E-state index < -0.39 is 54.1 Å². The van der Waals surface area contributed by atoms with Gasteiger partial charge in [0.2, 0.25) is 5.91 Å². The fourth-order valence-corrected chi connectivity index (χ4v) is 8.06. The van der Waals surface area contributed by atoms with Crippen LogP contribution in [0.25, 0.3) is 0 Å². The van der Waals surface area contributed by atoms with Gasteiger partial charge in [-0.3, -0.25) is 14.4 Å². The van der Waals surface area contributed by atoms with E-state index in [9.17, 15) is 19.5 Å². The van der Waals surface area contributed by atoms with Crippen molar-refractivity contribution in [3.05, 3.63) is 90.5 Å². The second-order valence-corrected chi connectivity index (χ2v) is 12.4. The molecule has 3 fully saturated rings. The molecule has 2 aromatic carbocycles. The van der Waals surface area contributed by atoms with Gasteiger partial charge in [-0.1, -0.05) is 76.6 Å². The number of esters is 1. The van der Waals surface area contributed by atoms with Crippen molar-refractivity contribution in [2.24, 2.45) is 11.8 Å². The highest BCUT2D eigenvalue weighted by Gasteiger charge is 2.77. The van der Waals surface area contributed by atoms with Gasteiger partial charge in [0.05, 0.1) is 37.2 Å². The Morgan fingerprint density at radius 3 is 2.48 bits per heavy atom. The number of aliphatic hydroxyl groups excluding tert-OH is 1. The second-order valence-electron chi connectivity index (χ2n) is 11.2. The summed E-state index contributed by atoms with van der Waals surface area (Å²) < 4.78 is 12.2. The molecule has 3 aliphatic heterocycles. The van der Waals surface area contributed by atoms with Gasteiger partial charge in [0.15, 0.2) is 0 Å². The Hall–Kier alpha value is -3.27. The van der Waals surface area contributed by atoms with E-state index in [2.05, 4.69) is 29.1 Å². The van der Waals surface area contributed by atoms with Gasteiger partial charge in [-0.2, -0.15) is 0 Å². The van der Waals surface area contributed by atoms with Crippen molar-refractivity contribution < 1.29 is 29.0 Å². The number of fused-ring (bicyclic) bond motifs is 1. The number of aryl methyl sites for hydroxylation is 2. The minimum absolute atomic E-state index is 0.140. The van der Waals surface area contributed by atoms with Gasteiger partial charge < -0.3 is 24.4 Å². The molecule has 1 N–H and O–H groups in total. The molecule has 3 heterocycles. The lowest BCUT2D eigenvalue weighted by Crippen LogP contribution is -2.58. The minimum Gasteiger partial charge on any atom is -0.465 e. The summed E-state index contributed by atoms with van der Waals surface area (Å²) in [6, 6.07) is 13.0. The maximum Gasteiger partial charge on any atom is 0.312 e. The van der Waals surface area contributed by atoms with Crippen LogP contribution >= 0.6 is 15.9 Å². The molecule has 2 aromatic rings. The number of benzene rings is 2. The quantitative estimate of drug-likeness (QED) is 0.170. The first kappa shape index (κ1) is 30.2. The Kier molecular flexibility index (Phi) is 8.73. The molecular weight excluding hydrogens is 600 g/mol. The van der Waals surface area contributed by atoms with Crippen molar-refractivity contribution in [2.45, 2.75) is 55.3 Å². The molecule has 9 heteroatoms. The number of alkyl halides is 1. The number of halogens is 1. The van der Waals surface area contributed by atoms with Gasteiger partial charge >= 0.3 is 5.97 Å². The lowest BCUT2D eigenvalue weighted by atomic mass is 9.70. The van der Waals surface area contributed by atoms with Crippen LogP contribution in [-0.4, -0.2) is 70.1 Å². The van der Waals surface area contributed by atoms with E-state index in [0.717, 1.165) is 16.8 Å². The fourth-order valence-electron chi connectivity index (χ4n) is 7.12. The molecule has 2 bridgehead atoms. The summed E-state index contributed by atoms with van der Waals surface area (Å²) in [7, 11) is 0. The summed E-state index contributed by atoms with van der Waals surface area (Å²) >= 11 is 3.70. The molecule has 5 rings (SSSR count). The largest absolute Gasteiger partial charge is 0.465 e. The Morgan fingerprint density at radius 2 is 1.86 bits per heavy atom. The predicted octanol–water partition coefficient (Wildman–Crippen LogP) is 4.42. The van der Waals surface area contributed by atoms with Crippen LogP contribution in [-0.2, 0) is 23.9 Å². The van der Waals surface area contributed by atoms with E-state index in [0.29, 0.717) is 18.4 Å². The van der Waals surface area contributed by atoms with E-state index in [1.807, 2.05) is 62.4 Å². The van der Waals surface area contributed by atoms with Gasteiger partial charge in [-0.15, -0.1) is 13.2 Å². The zero-order chi connectivity index (χ0) is 30.2. The summed E-state index contributed by atoms with van der Waals surface area (Å²) in [5, 5.41) is 10.7. The standard InChI is InChI=1S/C33H37BrN2O6/c1-5-7-17-41-32(40)25-26-30(38)36(24(19-37)22-14-9-8-10-15-22)29(33(26)18-23(34)28(25)42-33)31(39)35(16-6-2)27-20(3)12-11-13-21(27)4/h5-6,8-15,23-26,28-29,37H,1-2,7,16-19H2,3-4H3/t23?,24-,25+,26+,28+,29?,33?/m1/s1. The van der Waals surface area contributed by atoms with Crippen LogP contribution in [0.3, 0.4) is 0 Å². The first-order valence-electron chi connectivity index (χ1n) is 14.3. The van der Waals surface area contributed by atoms with E-state index in [-0.39, 0.29) is 23.9 Å². The molecule has 0 aliphatic carbocycles. The van der Waals surface area contributed by atoms with Crippen LogP contribution in [0.1, 0.15) is 35.6 Å². The highest BCUT2D eigenvalue weighted by atomic mass is 79.9. The highest BCUT2D eigenvalue weighted by molar-refractivity contribution is 9.09. The predicted molar refractivity (Wildman–Crippen MR) is 163 cm³/mol. The molecule has 7 atom stereocenters. The van der Waals surface area contributed by atoms with Gasteiger partial charge in [0.1, 0.15) is 11.6 Å². The first-order valence-corrected chi connectivity index (χ1v) is 15.2. The molecule has 3 aliphatic rings. The molecule has 0 aromatic heterocycles. The van der Waals surface area contributed by atoms with E-state index in [1.165, 1.54) is 4.90 Å². The Bertz CT molecular complexity index is 1360. The normalized spacial score (nSPS) is 28.3. The molecule has 3 unspecified atom stereocenters. The zero-order valence-corrected chi connectivity index (χ0v) is 25.5. The number of aliphatic hydroxyl groups is 1. The fraction of sp³-hybridized carbons (Fsp3) is 0.424. The number of anilines is 1. The SMILES string of the molecule is C=CCCOC(=O)[C@H]1[C@H]2C(=O)N([C@H](CO)c3ccccc3)C(C(=O)N(CC=C)c3c(C)cccc3C)C23CC(Br)[C@@H]1O3. The van der Waals surface area contributed by atoms with Gasteiger partial charge in [-0.05, 0) is 43.4 Å². The number of carbonyl (C=O) groups excluding carboxylic acids is 3. The van der Waals surface area contributed by atoms with Crippen LogP contribution in [0.2, 0.25) is 0 Å². The van der Waals surface area contributed by atoms with Crippen molar-refractivity contribution in [3.63, 3.8) is 0 Å². The number of hydrogen-bond donors (Lipinski definition) is 1. The van der Waals surface area contributed by atoms with Gasteiger partial charge in [-0.25, -0.2) is 0 Å². The lowest BCUT2D eigenvalue weighted by Gasteiger charge is -2.40. The van der Waals surface area contributed by atoms with E-state index in [1.54, 1.807) is 17.1 Å². The number of hydrogen-bond acceptors (Lipinski definition) is 6. The average Bonchev–Trinajstić information content (AvgIpc) is 3.57. The van der Waals surface area contributed by atoms with Crippen molar-refractivity contribution in [2.75, 3.05) is 24.7 Å². The topological polar surface area (TPSA) is 96.4 Å². The zero-order valence-electron chi connectivity index (χ0n) is 23.9. The Morgan fingerprint density at radius 1 is 1.17 bits per heavy atom. The molecule has 222 valence electrons. The number of rotatable bonds is 11. The smallest absolute Gasteiger partial charge is 0.312 e. The summed E-state index contributed by atoms with van der Waals surface area (Å²) in [4.78, 5) is 45.9. The van der Waals surface area contributed by atoms with Gasteiger partial charge in [0.25, 0.3) is 5.91 Å². The van der Waals surface area contributed by atoms with Crippen molar-refractivity contribution in [1.29, 1.82) is 0 Å². The summed E-state index contributed by atoms with van der Waals surface area (Å²) in [6.45, 7) is 11.4. The lowest BCUT2D eigenvalue weighted by molar-refractivity contribution is -0.155. The van der Waals surface area contributed by atoms with Crippen molar-refractivity contribution in [1.82, 2.24) is 4.90 Å². The molecule has 8 nitrogen and oxygen atoms in total. The van der Waals surface area contributed by atoms with Crippen LogP contribution in [0, 0.1) is 25.7 Å². The minimum atomic E-state index is -1.30. The van der Waals surface area contributed by atoms with Crippen molar-refractivity contribution in [3.8, 4) is 0 Å². The number of likely N-dealkylation sites (tertiary alicyclic amines) is 1. The highest BCUT2D eigenvalue weighted by Crippen LogP contribution is 2.61. The number of amides is 2. The molecule has 1 spiro atoms. The monoisotopic (exact) mass is 636 g/mol. The van der Waals surface area contributed by atoms with Crippen LogP contribution in [0.15, 0.2) is 73.8 Å². The summed E-state index contributed by atoms with van der Waals surface area (Å²) in [5.74, 6) is -3.12. The number of ether oxygens (including phenoxy) is 2. The van der Waals surface area contributed by atoms with E-state index >= 15 is 0 Å². The summed E-state index contributed by atoms with van der Waals surface area (Å²) in [5.41, 5.74) is 1.91. The third-order valence-electron chi connectivity index (χ3n) is 8.78. The molecule has 0 radical (unpaired) electrons. The van der Waals surface area contributed by atoms with Crippen LogP contribution in [0.4, 0.5) is 5.69 Å². The van der Waals surface area contributed by atoms with Gasteiger partial charge in [0, 0.05) is 17.1 Å². The Balaban J connectivity index is 1.66. The first-order chi connectivity index (χ1) is 20.2. The average molecular weight is 638 g/mol. The molecule has 0 saturated carbocycles. The van der Waals surface area contributed by atoms with Crippen LogP contribution < -0.4 is 4.90 Å². The third kappa shape index (κ3) is 4.81. The Labute approximate surface area is 255 Å². The second kappa shape index (κ2) is 12.1. The van der Waals surface area contributed by atoms with Crippen molar-refractivity contribution >= 4 is 39.4 Å². The number of nitrogens with zero attached hydrogens (tertiary/aromatic N) is 2. The molecule has 2 amide bonds. The third-order valence-corrected chi connectivity index (χ3v) is 9.62. The molecule has 42 heavy (non-hydrogen) atoms. The maximum absolute atomic E-state index is 14.9. The molecular formula is C33H37BrN2O6.